The number of anilines is 1. The molecular formula is C22H24N4O4S. The van der Waals surface area contributed by atoms with Gasteiger partial charge in [0.2, 0.25) is 10.0 Å². The lowest BCUT2D eigenvalue weighted by Gasteiger charge is -2.32. The third-order valence-electron chi connectivity index (χ3n) is 5.54. The molecule has 1 aliphatic rings. The largest absolute Gasteiger partial charge is 0.382 e. The summed E-state index contributed by atoms with van der Waals surface area (Å²) in [5.41, 5.74) is 2.59. The molecule has 9 heteroatoms. The van der Waals surface area contributed by atoms with Gasteiger partial charge in [-0.1, -0.05) is 42.5 Å². The molecule has 4 rings (SSSR count). The second-order valence-corrected chi connectivity index (χ2v) is 9.77. The Morgan fingerprint density at radius 3 is 2.52 bits per heavy atom. The van der Waals surface area contributed by atoms with Crippen molar-refractivity contribution in [3.05, 3.63) is 76.0 Å². The summed E-state index contributed by atoms with van der Waals surface area (Å²) < 4.78 is 27.1. The van der Waals surface area contributed by atoms with Crippen LogP contribution in [0.15, 0.2) is 54.6 Å². The number of rotatable bonds is 6. The normalized spacial score (nSPS) is 15.8. The Kier molecular flexibility index (Phi) is 5.88. The lowest BCUT2D eigenvalue weighted by atomic mass is 10.0. The topological polar surface area (TPSA) is 105 Å². The van der Waals surface area contributed by atoms with E-state index in [1.54, 1.807) is 17.3 Å². The van der Waals surface area contributed by atoms with Gasteiger partial charge in [0.05, 0.1) is 10.7 Å². The smallest absolute Gasteiger partial charge is 0.295 e. The molecular weight excluding hydrogens is 416 g/mol. The number of nitrogens with one attached hydrogen (secondary N) is 1. The van der Waals surface area contributed by atoms with Crippen LogP contribution in [0.2, 0.25) is 0 Å². The number of fused-ring (bicyclic) bond motifs is 1. The van der Waals surface area contributed by atoms with Crippen LogP contribution >= 0.6 is 0 Å². The molecule has 1 fully saturated rings. The number of sulfonamides is 1. The second-order valence-electron chi connectivity index (χ2n) is 7.80. The predicted molar refractivity (Wildman–Crippen MR) is 120 cm³/mol. The van der Waals surface area contributed by atoms with Crippen molar-refractivity contribution < 1.29 is 13.3 Å². The van der Waals surface area contributed by atoms with Gasteiger partial charge in [-0.3, -0.25) is 10.1 Å². The zero-order valence-corrected chi connectivity index (χ0v) is 18.0. The minimum Gasteiger partial charge on any atom is -0.382 e. The standard InChI is InChI=1S/C22H24N4O4S/c1-16-14-20(19-8-5-9-21(26(27)28)22(19)23-16)24-18-10-12-25(13-11-18)31(29,30)15-17-6-3-2-4-7-17/h2-9,14,18H,10-13,15H2,1H3,(H,23,24). The van der Waals surface area contributed by atoms with Crippen molar-refractivity contribution in [2.24, 2.45) is 0 Å². The van der Waals surface area contributed by atoms with Gasteiger partial charge in [-0.15, -0.1) is 0 Å². The maximum Gasteiger partial charge on any atom is 0.295 e. The summed E-state index contributed by atoms with van der Waals surface area (Å²) in [5, 5.41) is 15.5. The van der Waals surface area contributed by atoms with Crippen LogP contribution in [-0.2, 0) is 15.8 Å². The van der Waals surface area contributed by atoms with Crippen molar-refractivity contribution in [3.63, 3.8) is 0 Å². The maximum absolute atomic E-state index is 12.8. The average Bonchev–Trinajstić information content (AvgIpc) is 2.74. The molecule has 3 aromatic rings. The summed E-state index contributed by atoms with van der Waals surface area (Å²) in [6.07, 6.45) is 1.32. The minimum absolute atomic E-state index is 0.00376. The molecule has 0 unspecified atom stereocenters. The molecule has 0 bridgehead atoms. The number of para-hydroxylation sites is 1. The first kappa shape index (κ1) is 21.2. The number of nitro groups is 1. The fraction of sp³-hybridized carbons (Fsp3) is 0.318. The van der Waals surface area contributed by atoms with E-state index >= 15 is 0 Å². The van der Waals surface area contributed by atoms with E-state index in [4.69, 9.17) is 0 Å². The summed E-state index contributed by atoms with van der Waals surface area (Å²) in [6, 6.07) is 16.1. The first-order valence-corrected chi connectivity index (χ1v) is 11.8. The number of aromatic nitrogens is 1. The highest BCUT2D eigenvalue weighted by atomic mass is 32.2. The van der Waals surface area contributed by atoms with E-state index in [1.807, 2.05) is 42.5 Å². The fourth-order valence-corrected chi connectivity index (χ4v) is 5.57. The number of nitro benzene ring substituents is 1. The number of non-ortho nitro benzene ring substituents is 1. The Morgan fingerprint density at radius 2 is 1.84 bits per heavy atom. The van der Waals surface area contributed by atoms with E-state index in [2.05, 4.69) is 10.3 Å². The third-order valence-corrected chi connectivity index (χ3v) is 7.39. The van der Waals surface area contributed by atoms with Crippen LogP contribution in [0.5, 0.6) is 0 Å². The summed E-state index contributed by atoms with van der Waals surface area (Å²) in [4.78, 5) is 15.3. The lowest BCUT2D eigenvalue weighted by molar-refractivity contribution is -0.383. The van der Waals surface area contributed by atoms with Crippen molar-refractivity contribution in [1.82, 2.24) is 9.29 Å². The predicted octanol–water partition coefficient (Wildman–Crippen LogP) is 3.86. The Hall–Kier alpha value is -3.04. The van der Waals surface area contributed by atoms with Crippen LogP contribution in [0.3, 0.4) is 0 Å². The molecule has 8 nitrogen and oxygen atoms in total. The highest BCUT2D eigenvalue weighted by Crippen LogP contribution is 2.31. The molecule has 1 aromatic heterocycles. The Balaban J connectivity index is 1.47. The highest BCUT2D eigenvalue weighted by Gasteiger charge is 2.28. The van der Waals surface area contributed by atoms with Crippen LogP contribution in [0.25, 0.3) is 10.9 Å². The summed E-state index contributed by atoms with van der Waals surface area (Å²) in [5.74, 6) is 0.00376. The average molecular weight is 441 g/mol. The molecule has 31 heavy (non-hydrogen) atoms. The highest BCUT2D eigenvalue weighted by molar-refractivity contribution is 7.88. The fourth-order valence-electron chi connectivity index (χ4n) is 4.00. The van der Waals surface area contributed by atoms with Crippen LogP contribution in [0.4, 0.5) is 11.4 Å². The van der Waals surface area contributed by atoms with Crippen molar-refractivity contribution in [2.45, 2.75) is 31.6 Å². The van der Waals surface area contributed by atoms with Gasteiger partial charge in [0, 0.05) is 42.0 Å². The molecule has 162 valence electrons. The Bertz CT molecular complexity index is 1210. The van der Waals surface area contributed by atoms with Gasteiger partial charge in [-0.2, -0.15) is 0 Å². The monoisotopic (exact) mass is 440 g/mol. The summed E-state index contributed by atoms with van der Waals surface area (Å²) >= 11 is 0. The van der Waals surface area contributed by atoms with Gasteiger partial charge in [0.25, 0.3) is 5.69 Å². The number of pyridine rings is 1. The van der Waals surface area contributed by atoms with E-state index < -0.39 is 14.9 Å². The van der Waals surface area contributed by atoms with Crippen LogP contribution < -0.4 is 5.32 Å². The van der Waals surface area contributed by atoms with E-state index in [0.717, 1.165) is 11.3 Å². The molecule has 0 radical (unpaired) electrons. The van der Waals surface area contributed by atoms with Crippen LogP contribution in [0.1, 0.15) is 24.1 Å². The molecule has 1 N–H and O–H groups in total. The van der Waals surface area contributed by atoms with Crippen molar-refractivity contribution >= 4 is 32.3 Å². The quantitative estimate of drug-likeness (QED) is 0.461. The van der Waals surface area contributed by atoms with Gasteiger partial charge in [-0.05, 0) is 31.4 Å². The molecule has 0 spiro atoms. The number of benzene rings is 2. The van der Waals surface area contributed by atoms with Crippen molar-refractivity contribution in [2.75, 3.05) is 18.4 Å². The van der Waals surface area contributed by atoms with Gasteiger partial charge in [0.1, 0.15) is 0 Å². The molecule has 1 saturated heterocycles. The number of nitrogens with zero attached hydrogens (tertiary/aromatic N) is 3. The SMILES string of the molecule is Cc1cc(NC2CCN(S(=O)(=O)Cc3ccccc3)CC2)c2cccc([N+](=O)[O-])c2n1. The van der Waals surface area contributed by atoms with Gasteiger partial charge in [-0.25, -0.2) is 17.7 Å². The van der Waals surface area contributed by atoms with E-state index in [-0.39, 0.29) is 17.5 Å². The molecule has 2 heterocycles. The third kappa shape index (κ3) is 4.67. The number of aryl methyl sites for hydroxylation is 1. The van der Waals surface area contributed by atoms with E-state index in [0.29, 0.717) is 42.5 Å². The number of hydrogen-bond donors (Lipinski definition) is 1. The lowest BCUT2D eigenvalue weighted by Crippen LogP contribution is -2.42. The van der Waals surface area contributed by atoms with Crippen LogP contribution in [-0.4, -0.2) is 41.8 Å². The van der Waals surface area contributed by atoms with E-state index in [9.17, 15) is 18.5 Å². The molecule has 0 saturated carbocycles. The summed E-state index contributed by atoms with van der Waals surface area (Å²) in [7, 11) is -3.37. The maximum atomic E-state index is 12.8. The first-order valence-electron chi connectivity index (χ1n) is 10.2. The second kappa shape index (κ2) is 8.60. The van der Waals surface area contributed by atoms with Gasteiger partial charge >= 0.3 is 0 Å². The van der Waals surface area contributed by atoms with Crippen molar-refractivity contribution in [3.8, 4) is 0 Å². The minimum atomic E-state index is -3.37. The zero-order chi connectivity index (χ0) is 22.0. The van der Waals surface area contributed by atoms with Crippen molar-refractivity contribution in [1.29, 1.82) is 0 Å². The summed E-state index contributed by atoms with van der Waals surface area (Å²) in [6.45, 7) is 2.68. The molecule has 2 aromatic carbocycles. The first-order chi connectivity index (χ1) is 14.8. The molecule has 0 aliphatic carbocycles. The zero-order valence-electron chi connectivity index (χ0n) is 17.2. The number of piperidine rings is 1. The molecule has 0 amide bonds. The van der Waals surface area contributed by atoms with Crippen LogP contribution in [0, 0.1) is 17.0 Å². The number of hydrogen-bond acceptors (Lipinski definition) is 6. The Morgan fingerprint density at radius 1 is 1.13 bits per heavy atom. The molecule has 0 atom stereocenters. The Labute approximate surface area is 181 Å². The van der Waals surface area contributed by atoms with E-state index in [1.165, 1.54) is 6.07 Å². The molecule has 1 aliphatic heterocycles. The van der Waals surface area contributed by atoms with Gasteiger partial charge in [0.15, 0.2) is 5.52 Å². The van der Waals surface area contributed by atoms with Gasteiger partial charge < -0.3 is 5.32 Å².